The molecular formula is C15H18N2O6S. The van der Waals surface area contributed by atoms with Crippen LogP contribution in [0.1, 0.15) is 19.8 Å². The lowest BCUT2D eigenvalue weighted by Crippen LogP contribution is -2.27. The number of hydrogen-bond acceptors (Lipinski definition) is 6. The van der Waals surface area contributed by atoms with Crippen LogP contribution in [-0.4, -0.2) is 43.0 Å². The number of carbonyl (C=O) groups is 1. The quantitative estimate of drug-likeness (QED) is 0.741. The van der Waals surface area contributed by atoms with Crippen molar-refractivity contribution in [2.75, 3.05) is 19.7 Å². The Labute approximate surface area is 138 Å². The second-order valence-electron chi connectivity index (χ2n) is 5.50. The highest BCUT2D eigenvalue weighted by Crippen LogP contribution is 2.24. The molecule has 1 aromatic carbocycles. The van der Waals surface area contributed by atoms with Gasteiger partial charge >= 0.3 is 11.7 Å². The minimum absolute atomic E-state index is 0.0777. The number of rotatable bonds is 5. The first-order chi connectivity index (χ1) is 11.4. The number of benzene rings is 1. The molecule has 0 amide bonds. The minimum Gasteiger partial charge on any atom is -0.465 e. The molecule has 1 aliphatic rings. The molecule has 1 aliphatic heterocycles. The standard InChI is InChI=1S/C15H18N2O6S/c1-2-22-14(18)10-17-12-6-5-11(9-13(12)23-15(17)19)24(20,21)16-7-3-4-8-16/h5-6,9H,2-4,7-8,10H2,1H3. The number of hydrogen-bond donors (Lipinski definition) is 0. The van der Waals surface area contributed by atoms with E-state index in [4.69, 9.17) is 9.15 Å². The van der Waals surface area contributed by atoms with Crippen molar-refractivity contribution in [3.63, 3.8) is 0 Å². The zero-order chi connectivity index (χ0) is 17.3. The Morgan fingerprint density at radius 2 is 2.00 bits per heavy atom. The smallest absolute Gasteiger partial charge is 0.420 e. The molecule has 0 aliphatic carbocycles. The molecule has 9 heteroatoms. The predicted molar refractivity (Wildman–Crippen MR) is 85.1 cm³/mol. The van der Waals surface area contributed by atoms with E-state index in [0.29, 0.717) is 18.6 Å². The van der Waals surface area contributed by atoms with E-state index in [1.165, 1.54) is 22.5 Å². The van der Waals surface area contributed by atoms with E-state index in [-0.39, 0.29) is 23.6 Å². The number of esters is 1. The average Bonchev–Trinajstić information content (AvgIpc) is 3.16. The van der Waals surface area contributed by atoms with Crippen molar-refractivity contribution in [2.45, 2.75) is 31.2 Å². The third kappa shape index (κ3) is 2.96. The average molecular weight is 354 g/mol. The van der Waals surface area contributed by atoms with Crippen LogP contribution in [0.25, 0.3) is 11.1 Å². The molecule has 0 spiro atoms. The lowest BCUT2D eigenvalue weighted by atomic mass is 10.3. The van der Waals surface area contributed by atoms with Crippen molar-refractivity contribution < 1.29 is 22.4 Å². The maximum Gasteiger partial charge on any atom is 0.420 e. The molecule has 2 heterocycles. The van der Waals surface area contributed by atoms with Crippen molar-refractivity contribution in [2.24, 2.45) is 0 Å². The summed E-state index contributed by atoms with van der Waals surface area (Å²) in [7, 11) is -3.60. The van der Waals surface area contributed by atoms with Crippen molar-refractivity contribution >= 4 is 27.1 Å². The van der Waals surface area contributed by atoms with Gasteiger partial charge in [-0.2, -0.15) is 4.31 Å². The van der Waals surface area contributed by atoms with Gasteiger partial charge in [0.2, 0.25) is 10.0 Å². The van der Waals surface area contributed by atoms with Gasteiger partial charge in [-0.15, -0.1) is 0 Å². The molecule has 3 rings (SSSR count). The van der Waals surface area contributed by atoms with Gasteiger partial charge in [-0.05, 0) is 31.9 Å². The summed E-state index contributed by atoms with van der Waals surface area (Å²) in [6.45, 7) is 2.59. The Kier molecular flexibility index (Phi) is 4.46. The normalized spacial score (nSPS) is 15.9. The number of sulfonamides is 1. The fraction of sp³-hybridized carbons (Fsp3) is 0.467. The van der Waals surface area contributed by atoms with Crippen LogP contribution in [0.3, 0.4) is 0 Å². The van der Waals surface area contributed by atoms with Crippen molar-refractivity contribution in [3.05, 3.63) is 28.7 Å². The lowest BCUT2D eigenvalue weighted by molar-refractivity contribution is -0.143. The summed E-state index contributed by atoms with van der Waals surface area (Å²) in [6.07, 6.45) is 1.68. The van der Waals surface area contributed by atoms with Crippen LogP contribution in [0.4, 0.5) is 0 Å². The molecule has 0 radical (unpaired) electrons. The first-order valence-corrected chi connectivity index (χ1v) is 9.16. The van der Waals surface area contributed by atoms with Gasteiger partial charge in [0.15, 0.2) is 5.58 Å². The van der Waals surface area contributed by atoms with Crippen LogP contribution < -0.4 is 5.76 Å². The SMILES string of the molecule is CCOC(=O)Cn1c(=O)oc2cc(S(=O)(=O)N3CCCC3)ccc21. The molecule has 0 N–H and O–H groups in total. The molecular weight excluding hydrogens is 336 g/mol. The Bertz CT molecular complexity index is 921. The van der Waals surface area contributed by atoms with Gasteiger partial charge in [0, 0.05) is 19.2 Å². The number of ether oxygens (including phenoxy) is 1. The molecule has 0 atom stereocenters. The van der Waals surface area contributed by atoms with E-state index in [9.17, 15) is 18.0 Å². The molecule has 1 aromatic heterocycles. The van der Waals surface area contributed by atoms with Gasteiger partial charge < -0.3 is 9.15 Å². The van der Waals surface area contributed by atoms with Gasteiger partial charge in [-0.3, -0.25) is 9.36 Å². The zero-order valence-electron chi connectivity index (χ0n) is 13.2. The summed E-state index contributed by atoms with van der Waals surface area (Å²) in [5, 5.41) is 0. The van der Waals surface area contributed by atoms with Crippen LogP contribution in [0, 0.1) is 0 Å². The maximum atomic E-state index is 12.6. The lowest BCUT2D eigenvalue weighted by Gasteiger charge is -2.15. The summed E-state index contributed by atoms with van der Waals surface area (Å²) in [5.74, 6) is -1.29. The van der Waals surface area contributed by atoms with E-state index in [0.717, 1.165) is 17.4 Å². The van der Waals surface area contributed by atoms with E-state index in [1.54, 1.807) is 6.92 Å². The topological polar surface area (TPSA) is 98.8 Å². The van der Waals surface area contributed by atoms with E-state index in [2.05, 4.69) is 0 Å². The van der Waals surface area contributed by atoms with Crippen LogP contribution >= 0.6 is 0 Å². The second-order valence-corrected chi connectivity index (χ2v) is 7.44. The first-order valence-electron chi connectivity index (χ1n) is 7.72. The van der Waals surface area contributed by atoms with Gasteiger partial charge in [0.25, 0.3) is 0 Å². The number of nitrogens with zero attached hydrogens (tertiary/aromatic N) is 2. The number of oxazole rings is 1. The minimum atomic E-state index is -3.60. The highest BCUT2D eigenvalue weighted by Gasteiger charge is 2.28. The van der Waals surface area contributed by atoms with Gasteiger partial charge in [0.05, 0.1) is 17.0 Å². The molecule has 0 unspecified atom stereocenters. The van der Waals surface area contributed by atoms with Crippen LogP contribution in [0.5, 0.6) is 0 Å². The Hall–Kier alpha value is -2.13. The Morgan fingerprint density at radius 3 is 2.67 bits per heavy atom. The molecule has 8 nitrogen and oxygen atoms in total. The second kappa shape index (κ2) is 6.40. The van der Waals surface area contributed by atoms with Crippen LogP contribution in [0.15, 0.2) is 32.3 Å². The number of carbonyl (C=O) groups excluding carboxylic acids is 1. The monoisotopic (exact) mass is 354 g/mol. The van der Waals surface area contributed by atoms with Crippen molar-refractivity contribution in [1.29, 1.82) is 0 Å². The summed E-state index contributed by atoms with van der Waals surface area (Å²) in [4.78, 5) is 23.6. The van der Waals surface area contributed by atoms with E-state index < -0.39 is 21.7 Å². The zero-order valence-corrected chi connectivity index (χ0v) is 14.0. The van der Waals surface area contributed by atoms with Gasteiger partial charge in [0.1, 0.15) is 6.54 Å². The third-order valence-electron chi connectivity index (χ3n) is 3.94. The Balaban J connectivity index is 1.98. The highest BCUT2D eigenvalue weighted by atomic mass is 32.2. The van der Waals surface area contributed by atoms with Gasteiger partial charge in [-0.25, -0.2) is 13.2 Å². The van der Waals surface area contributed by atoms with Crippen molar-refractivity contribution in [3.8, 4) is 0 Å². The van der Waals surface area contributed by atoms with E-state index in [1.807, 2.05) is 0 Å². The summed E-state index contributed by atoms with van der Waals surface area (Å²) in [6, 6.07) is 4.22. The van der Waals surface area contributed by atoms with E-state index >= 15 is 0 Å². The first kappa shape index (κ1) is 16.7. The van der Waals surface area contributed by atoms with Crippen LogP contribution in [-0.2, 0) is 26.1 Å². The molecule has 0 saturated carbocycles. The van der Waals surface area contributed by atoms with Gasteiger partial charge in [-0.1, -0.05) is 0 Å². The fourth-order valence-corrected chi connectivity index (χ4v) is 4.30. The number of aromatic nitrogens is 1. The van der Waals surface area contributed by atoms with Crippen molar-refractivity contribution in [1.82, 2.24) is 8.87 Å². The molecule has 1 fully saturated rings. The van der Waals surface area contributed by atoms with Crippen LogP contribution in [0.2, 0.25) is 0 Å². The third-order valence-corrected chi connectivity index (χ3v) is 5.83. The molecule has 0 bridgehead atoms. The molecule has 1 saturated heterocycles. The molecule has 2 aromatic rings. The molecule has 130 valence electrons. The predicted octanol–water partition coefficient (Wildman–Crippen LogP) is 0.942. The summed E-state index contributed by atoms with van der Waals surface area (Å²) < 4.78 is 37.6. The fourth-order valence-electron chi connectivity index (χ4n) is 2.77. The summed E-state index contributed by atoms with van der Waals surface area (Å²) >= 11 is 0. The summed E-state index contributed by atoms with van der Waals surface area (Å²) in [5.41, 5.74) is 0.484. The largest absolute Gasteiger partial charge is 0.465 e. The molecule has 24 heavy (non-hydrogen) atoms. The maximum absolute atomic E-state index is 12.6. The Morgan fingerprint density at radius 1 is 1.29 bits per heavy atom. The highest BCUT2D eigenvalue weighted by molar-refractivity contribution is 7.89. The number of fused-ring (bicyclic) bond motifs is 1.